The van der Waals surface area contributed by atoms with Crippen molar-refractivity contribution in [1.82, 2.24) is 19.2 Å². The first kappa shape index (κ1) is 14.0. The fourth-order valence-electron chi connectivity index (χ4n) is 2.76. The number of aromatic nitrogens is 2. The second kappa shape index (κ2) is 5.83. The van der Waals surface area contributed by atoms with Crippen LogP contribution in [0.25, 0.3) is 5.65 Å². The zero-order valence-electron chi connectivity index (χ0n) is 12.1. The minimum atomic E-state index is -0.746. The molecule has 2 aromatic rings. The van der Waals surface area contributed by atoms with Gasteiger partial charge in [0.15, 0.2) is 0 Å². The number of nitrogens with zero attached hydrogens (tertiary/aromatic N) is 4. The summed E-state index contributed by atoms with van der Waals surface area (Å²) in [7, 11) is 0. The van der Waals surface area contributed by atoms with Crippen molar-refractivity contribution in [2.45, 2.75) is 19.5 Å². The van der Waals surface area contributed by atoms with Crippen molar-refractivity contribution < 1.29 is 9.90 Å². The second-order valence-electron chi connectivity index (χ2n) is 5.52. The minimum Gasteiger partial charge on any atom is -0.480 e. The van der Waals surface area contributed by atoms with E-state index in [0.717, 1.165) is 44.1 Å². The minimum absolute atomic E-state index is 0.401. The summed E-state index contributed by atoms with van der Waals surface area (Å²) in [5.41, 5.74) is 2.02. The van der Waals surface area contributed by atoms with Crippen LogP contribution >= 0.6 is 0 Å². The van der Waals surface area contributed by atoms with Gasteiger partial charge in [-0.05, 0) is 19.1 Å². The molecule has 6 nitrogen and oxygen atoms in total. The number of piperazine rings is 1. The molecule has 0 aromatic carbocycles. The van der Waals surface area contributed by atoms with E-state index in [1.54, 1.807) is 6.92 Å². The number of aliphatic carboxylic acids is 1. The molecule has 3 heterocycles. The standard InChI is InChI=1S/C15H20N4O2/c1-12(15(20)21)18-8-6-17(7-9-18)10-13-11-19-5-3-2-4-14(19)16-13/h2-5,11-12H,6-10H2,1H3,(H,20,21)/t12-/m0/s1. The Labute approximate surface area is 123 Å². The molecular weight excluding hydrogens is 268 g/mol. The fourth-order valence-corrected chi connectivity index (χ4v) is 2.76. The number of imidazole rings is 1. The van der Waals surface area contributed by atoms with Crippen molar-refractivity contribution in [1.29, 1.82) is 0 Å². The number of rotatable bonds is 4. The molecule has 0 saturated carbocycles. The summed E-state index contributed by atoms with van der Waals surface area (Å²) in [6.45, 7) is 5.91. The Morgan fingerprint density at radius 2 is 2.10 bits per heavy atom. The Balaban J connectivity index is 1.59. The number of carbonyl (C=O) groups is 1. The maximum absolute atomic E-state index is 11.0. The van der Waals surface area contributed by atoms with E-state index in [1.165, 1.54) is 0 Å². The molecule has 3 rings (SSSR count). The molecule has 0 radical (unpaired) electrons. The first-order chi connectivity index (χ1) is 10.1. The average Bonchev–Trinajstić information content (AvgIpc) is 2.89. The molecule has 1 saturated heterocycles. The Morgan fingerprint density at radius 3 is 2.76 bits per heavy atom. The number of hydrogen-bond acceptors (Lipinski definition) is 4. The molecule has 0 spiro atoms. The monoisotopic (exact) mass is 288 g/mol. The highest BCUT2D eigenvalue weighted by atomic mass is 16.4. The zero-order valence-corrected chi connectivity index (χ0v) is 12.1. The number of hydrogen-bond donors (Lipinski definition) is 1. The quantitative estimate of drug-likeness (QED) is 0.906. The van der Waals surface area contributed by atoms with Gasteiger partial charge in [0.2, 0.25) is 0 Å². The topological polar surface area (TPSA) is 61.1 Å². The van der Waals surface area contributed by atoms with Gasteiger partial charge in [0.05, 0.1) is 5.69 Å². The normalized spacial score (nSPS) is 18.9. The first-order valence-electron chi connectivity index (χ1n) is 7.25. The Morgan fingerprint density at radius 1 is 1.33 bits per heavy atom. The number of fused-ring (bicyclic) bond motifs is 1. The van der Waals surface area contributed by atoms with Gasteiger partial charge in [-0.3, -0.25) is 14.6 Å². The summed E-state index contributed by atoms with van der Waals surface area (Å²) in [6.07, 6.45) is 4.06. The summed E-state index contributed by atoms with van der Waals surface area (Å²) in [5.74, 6) is -0.746. The predicted molar refractivity (Wildman–Crippen MR) is 79.1 cm³/mol. The predicted octanol–water partition coefficient (Wildman–Crippen LogP) is 0.925. The third-order valence-electron chi connectivity index (χ3n) is 4.11. The highest BCUT2D eigenvalue weighted by molar-refractivity contribution is 5.72. The molecular formula is C15H20N4O2. The molecule has 21 heavy (non-hydrogen) atoms. The fraction of sp³-hybridized carbons (Fsp3) is 0.467. The average molecular weight is 288 g/mol. The lowest BCUT2D eigenvalue weighted by Gasteiger charge is -2.36. The molecule has 0 bridgehead atoms. The lowest BCUT2D eigenvalue weighted by atomic mass is 10.2. The summed E-state index contributed by atoms with van der Waals surface area (Å²) in [5, 5.41) is 9.05. The smallest absolute Gasteiger partial charge is 0.320 e. The highest BCUT2D eigenvalue weighted by Gasteiger charge is 2.25. The molecule has 1 atom stereocenters. The number of carboxylic acid groups (broad SMARTS) is 1. The van der Waals surface area contributed by atoms with E-state index in [1.807, 2.05) is 33.7 Å². The van der Waals surface area contributed by atoms with Gasteiger partial charge in [-0.15, -0.1) is 0 Å². The third-order valence-corrected chi connectivity index (χ3v) is 4.11. The molecule has 1 N–H and O–H groups in total. The van der Waals surface area contributed by atoms with Crippen LogP contribution in [0.3, 0.4) is 0 Å². The van der Waals surface area contributed by atoms with Gasteiger partial charge in [-0.2, -0.15) is 0 Å². The Bertz CT molecular complexity index is 598. The van der Waals surface area contributed by atoms with Gasteiger partial charge in [0, 0.05) is 45.1 Å². The molecule has 1 aliphatic heterocycles. The first-order valence-corrected chi connectivity index (χ1v) is 7.25. The van der Waals surface area contributed by atoms with Crippen LogP contribution in [0, 0.1) is 0 Å². The summed E-state index contributed by atoms with van der Waals surface area (Å²) < 4.78 is 2.03. The van der Waals surface area contributed by atoms with Crippen LogP contribution in [0.1, 0.15) is 12.6 Å². The van der Waals surface area contributed by atoms with Crippen molar-refractivity contribution in [3.8, 4) is 0 Å². The van der Waals surface area contributed by atoms with E-state index in [-0.39, 0.29) is 0 Å². The van der Waals surface area contributed by atoms with Crippen LogP contribution < -0.4 is 0 Å². The van der Waals surface area contributed by atoms with Crippen molar-refractivity contribution in [2.75, 3.05) is 26.2 Å². The largest absolute Gasteiger partial charge is 0.480 e. The number of carboxylic acids is 1. The van der Waals surface area contributed by atoms with Gasteiger partial charge in [-0.25, -0.2) is 4.98 Å². The van der Waals surface area contributed by atoms with Crippen molar-refractivity contribution in [2.24, 2.45) is 0 Å². The van der Waals surface area contributed by atoms with E-state index in [2.05, 4.69) is 16.1 Å². The third kappa shape index (κ3) is 3.06. The molecule has 2 aromatic heterocycles. The molecule has 1 fully saturated rings. The van der Waals surface area contributed by atoms with E-state index < -0.39 is 12.0 Å². The summed E-state index contributed by atoms with van der Waals surface area (Å²) >= 11 is 0. The van der Waals surface area contributed by atoms with Crippen LogP contribution in [0.2, 0.25) is 0 Å². The SMILES string of the molecule is C[C@@H](C(=O)O)N1CCN(Cc2cn3ccccc3n2)CC1. The van der Waals surface area contributed by atoms with Gasteiger partial charge in [-0.1, -0.05) is 6.07 Å². The lowest BCUT2D eigenvalue weighted by Crippen LogP contribution is -2.51. The van der Waals surface area contributed by atoms with E-state index >= 15 is 0 Å². The maximum Gasteiger partial charge on any atom is 0.320 e. The summed E-state index contributed by atoms with van der Waals surface area (Å²) in [4.78, 5) is 19.9. The van der Waals surface area contributed by atoms with Crippen LogP contribution in [-0.2, 0) is 11.3 Å². The molecule has 0 unspecified atom stereocenters. The van der Waals surface area contributed by atoms with Crippen molar-refractivity contribution in [3.63, 3.8) is 0 Å². The van der Waals surface area contributed by atoms with E-state index in [9.17, 15) is 4.79 Å². The molecule has 112 valence electrons. The maximum atomic E-state index is 11.0. The van der Waals surface area contributed by atoms with Crippen molar-refractivity contribution in [3.05, 3.63) is 36.3 Å². The van der Waals surface area contributed by atoms with Crippen LogP contribution in [0.5, 0.6) is 0 Å². The van der Waals surface area contributed by atoms with Gasteiger partial charge in [0.25, 0.3) is 0 Å². The molecule has 6 heteroatoms. The Kier molecular flexibility index (Phi) is 3.90. The van der Waals surface area contributed by atoms with Crippen LogP contribution in [-0.4, -0.2) is 62.5 Å². The number of pyridine rings is 1. The van der Waals surface area contributed by atoms with E-state index in [0.29, 0.717) is 0 Å². The van der Waals surface area contributed by atoms with Gasteiger partial charge in [0.1, 0.15) is 11.7 Å². The van der Waals surface area contributed by atoms with Crippen LogP contribution in [0.4, 0.5) is 0 Å². The zero-order chi connectivity index (χ0) is 14.8. The lowest BCUT2D eigenvalue weighted by molar-refractivity contribution is -0.143. The highest BCUT2D eigenvalue weighted by Crippen LogP contribution is 2.11. The van der Waals surface area contributed by atoms with Gasteiger partial charge < -0.3 is 9.51 Å². The second-order valence-corrected chi connectivity index (χ2v) is 5.52. The van der Waals surface area contributed by atoms with E-state index in [4.69, 9.17) is 5.11 Å². The molecule has 0 aliphatic carbocycles. The summed E-state index contributed by atoms with van der Waals surface area (Å²) in [6, 6.07) is 5.57. The van der Waals surface area contributed by atoms with Gasteiger partial charge >= 0.3 is 5.97 Å². The van der Waals surface area contributed by atoms with Crippen LogP contribution in [0.15, 0.2) is 30.6 Å². The Hall–Kier alpha value is -1.92. The van der Waals surface area contributed by atoms with Crippen molar-refractivity contribution >= 4 is 11.6 Å². The molecule has 1 aliphatic rings. The molecule has 0 amide bonds.